The van der Waals surface area contributed by atoms with E-state index in [4.69, 9.17) is 33.8 Å². The van der Waals surface area contributed by atoms with E-state index in [0.717, 1.165) is 19.8 Å². The predicted molar refractivity (Wildman–Crippen MR) is 281 cm³/mol. The number of aromatic nitrogens is 3. The Morgan fingerprint density at radius 2 is 0.686 bits per heavy atom. The number of nitrogens with zero attached hydrogens (tertiary/aromatic N) is 5. The third-order valence-corrected chi connectivity index (χ3v) is 12.6. The fraction of sp³-hybridized carbons (Fsp3) is 0. The highest BCUT2D eigenvalue weighted by Gasteiger charge is 2.32. The summed E-state index contributed by atoms with van der Waals surface area (Å²) in [5.41, 5.74) is -12.6. The highest BCUT2D eigenvalue weighted by molar-refractivity contribution is 6.25. The van der Waals surface area contributed by atoms with Gasteiger partial charge in [0.2, 0.25) is 0 Å². The lowest BCUT2D eigenvalue weighted by atomic mass is 10.0. The third-order valence-electron chi connectivity index (χ3n) is 12.6. The van der Waals surface area contributed by atoms with Crippen LogP contribution in [-0.2, 0) is 0 Å². The molecule has 0 spiro atoms. The number of para-hydroxylation sites is 6. The van der Waals surface area contributed by atoms with Gasteiger partial charge < -0.3 is 27.0 Å². The van der Waals surface area contributed by atoms with Crippen LogP contribution >= 0.6 is 0 Å². The van der Waals surface area contributed by atoms with Crippen molar-refractivity contribution >= 4 is 131 Å². The molecule has 0 saturated heterocycles. The zero-order valence-electron chi connectivity index (χ0n) is 64.5. The molecule has 0 N–H and O–H groups in total. The first-order valence-electron chi connectivity index (χ1n) is 35.8. The Labute approximate surface area is 437 Å². The topological polar surface area (TPSA) is 102 Å². The summed E-state index contributed by atoms with van der Waals surface area (Å²) in [6, 6.07) is -22.1. The molecule has 0 aliphatic heterocycles. The molecule has 0 radical (unpaired) electrons. The van der Waals surface area contributed by atoms with E-state index >= 15 is 0 Å². The molecule has 0 amide bonds. The Hall–Kier alpha value is -10.0. The van der Waals surface area contributed by atoms with E-state index in [9.17, 15) is 31.1 Å². The number of fused-ring (bicyclic) bond motifs is 21. The summed E-state index contributed by atoms with van der Waals surface area (Å²) in [5.74, 6) is 0. The lowest BCUT2D eigenvalue weighted by molar-refractivity contribution is 0.670. The van der Waals surface area contributed by atoms with Gasteiger partial charge in [-0.05, 0) is 60.4 Å². The van der Waals surface area contributed by atoms with Gasteiger partial charge in [-0.1, -0.05) is 127 Å². The van der Waals surface area contributed by atoms with Crippen molar-refractivity contribution in [2.45, 2.75) is 0 Å². The molecular formula is C62H31N5O3. The van der Waals surface area contributed by atoms with Crippen LogP contribution in [0.5, 0.6) is 0 Å². The third kappa shape index (κ3) is 4.57. The monoisotopic (exact) mass is 923 g/mol. The summed E-state index contributed by atoms with van der Waals surface area (Å²) in [4.78, 5) is 0. The van der Waals surface area contributed by atoms with Gasteiger partial charge in [0.1, 0.15) is 34.5 Å². The quantitative estimate of drug-likeness (QED) is 0.176. The normalized spacial score (nSPS) is 18.3. The van der Waals surface area contributed by atoms with Crippen molar-refractivity contribution in [1.29, 1.82) is 10.5 Å². The van der Waals surface area contributed by atoms with Crippen molar-refractivity contribution in [2.24, 2.45) is 0 Å². The molecule has 0 fully saturated rings. The first kappa shape index (κ1) is 18.9. The highest BCUT2D eigenvalue weighted by Crippen LogP contribution is 2.49. The van der Waals surface area contributed by atoms with Crippen molar-refractivity contribution in [2.75, 3.05) is 0 Å². The molecule has 8 nitrogen and oxygen atoms in total. The van der Waals surface area contributed by atoms with E-state index in [2.05, 4.69) is 6.07 Å². The van der Waals surface area contributed by atoms with Gasteiger partial charge in [-0.2, -0.15) is 10.5 Å². The van der Waals surface area contributed by atoms with Crippen molar-refractivity contribution < 1.29 is 54.4 Å². The molecule has 0 bridgehead atoms. The van der Waals surface area contributed by atoms with Crippen molar-refractivity contribution in [1.82, 2.24) is 13.7 Å². The largest absolute Gasteiger partial charge is 0.454 e. The molecule has 70 heavy (non-hydrogen) atoms. The summed E-state index contributed by atoms with van der Waals surface area (Å²) in [7, 11) is 0. The molecule has 16 rings (SSSR count). The first-order chi connectivity index (χ1) is 47.2. The summed E-state index contributed by atoms with van der Waals surface area (Å²) < 4.78 is 300. The summed E-state index contributed by atoms with van der Waals surface area (Å²) in [6.45, 7) is 0. The Morgan fingerprint density at radius 1 is 0.343 bits per heavy atom. The molecular weight excluding hydrogens is 863 g/mol. The van der Waals surface area contributed by atoms with Crippen LogP contribution in [0.3, 0.4) is 0 Å². The van der Waals surface area contributed by atoms with E-state index in [0.29, 0.717) is 0 Å². The summed E-state index contributed by atoms with van der Waals surface area (Å²) >= 11 is 0. The van der Waals surface area contributed by atoms with Gasteiger partial charge in [0.15, 0.2) is 16.7 Å². The van der Waals surface area contributed by atoms with Gasteiger partial charge >= 0.3 is 0 Å². The number of hydrogen-bond donors (Lipinski definition) is 0. The van der Waals surface area contributed by atoms with Gasteiger partial charge in [-0.25, -0.2) is 0 Å². The molecule has 6 heterocycles. The van der Waals surface area contributed by atoms with Gasteiger partial charge in [-0.3, -0.25) is 0 Å². The van der Waals surface area contributed by atoms with E-state index in [-0.39, 0.29) is 0 Å². The van der Waals surface area contributed by atoms with Crippen LogP contribution in [0.15, 0.2) is 201 Å². The first-order valence-corrected chi connectivity index (χ1v) is 20.8. The lowest BCUT2D eigenvalue weighted by Crippen LogP contribution is -2.12. The molecule has 6 aromatic heterocycles. The molecule has 16 aromatic rings. The molecule has 322 valence electrons. The highest BCUT2D eigenvalue weighted by atomic mass is 16.3. The van der Waals surface area contributed by atoms with Crippen molar-refractivity contribution in [3.05, 3.63) is 198 Å². The SMILES string of the molecule is [2H]c1c([2H])c([2H])c2c(oc3c2c([2H])c([2H])c2c4c([2H])c([2H])c([2H])c([2H])c4n(-c4cc(C#N)c(-n5c6c([2H])c([2H])c([2H])c([2H])c6c6c([2H])c([2H])c7c(oc8c([2H])c([2H])c([2H])c([2H])c87)c65)c(-n5c6c([2H])c([2H])c([2H])c([2H])c6c6c([2H])c([2H])c7c(oc8c([2H])c([2H])c([2H])c([2H])c87)c65)c4C#N)c32)c1[2H]. The maximum atomic E-state index is 12.7. The van der Waals surface area contributed by atoms with Crippen LogP contribution < -0.4 is 0 Å². The molecule has 0 unspecified atom stereocenters. The number of benzene rings is 10. The lowest BCUT2D eigenvalue weighted by Gasteiger charge is -2.22. The number of nitriles is 2. The molecule has 10 aromatic carbocycles. The Morgan fingerprint density at radius 3 is 1.10 bits per heavy atom. The minimum absolute atomic E-state index is 0.478. The number of hydrogen-bond acceptors (Lipinski definition) is 5. The Kier molecular flexibility index (Phi) is 3.60. The van der Waals surface area contributed by atoms with Gasteiger partial charge in [-0.15, -0.1) is 0 Å². The van der Waals surface area contributed by atoms with E-state index < -0.39 is 341 Å². The minimum Gasteiger partial charge on any atom is -0.454 e. The predicted octanol–water partition coefficient (Wildman–Crippen LogP) is 16.4. The van der Waals surface area contributed by atoms with E-state index in [1.807, 2.05) is 6.07 Å². The average Bonchev–Trinajstić information content (AvgIpc) is 1.55. The average molecular weight is 924 g/mol. The summed E-state index contributed by atoms with van der Waals surface area (Å²) in [5, 5.41) is 18.2. The van der Waals surface area contributed by atoms with Gasteiger partial charge in [0.25, 0.3) is 0 Å². The molecule has 0 saturated carbocycles. The van der Waals surface area contributed by atoms with Crippen LogP contribution in [-0.4, -0.2) is 13.7 Å². The van der Waals surface area contributed by atoms with Crippen molar-refractivity contribution in [3.63, 3.8) is 0 Å². The number of rotatable bonds is 3. The molecule has 0 aliphatic rings. The van der Waals surface area contributed by atoms with Gasteiger partial charge in [0.05, 0.1) is 96.8 Å². The molecule has 0 aliphatic carbocycles. The van der Waals surface area contributed by atoms with E-state index in [1.54, 1.807) is 0 Å². The second-order valence-electron chi connectivity index (χ2n) is 15.9. The second-order valence-corrected chi connectivity index (χ2v) is 15.9. The van der Waals surface area contributed by atoms with E-state index in [1.165, 1.54) is 0 Å². The zero-order valence-corrected chi connectivity index (χ0v) is 34.5. The van der Waals surface area contributed by atoms with Crippen LogP contribution in [0.2, 0.25) is 0 Å². The zero-order chi connectivity index (χ0) is 72.0. The van der Waals surface area contributed by atoms with Crippen LogP contribution in [0.25, 0.3) is 148 Å². The minimum atomic E-state index is -1.05. The summed E-state index contributed by atoms with van der Waals surface area (Å²) in [6.07, 6.45) is 0. The Balaban J connectivity index is 1.29. The number of furan rings is 3. The Bertz CT molecular complexity index is 6940. The van der Waals surface area contributed by atoms with Crippen LogP contribution in [0.4, 0.5) is 0 Å². The smallest absolute Gasteiger partial charge is 0.160 e. The van der Waals surface area contributed by atoms with Gasteiger partial charge in [0, 0.05) is 64.6 Å². The standard InChI is InChI=1S/C62H31N5O3/c63-32-34-31-51(65-48-19-7-1-13-35(48)41-25-28-44-38-16-4-10-22-52(38)68-60(44)57(41)65)47(33-64)56(67-50-21-9-3-15-37(50)43-27-30-46-40-18-6-12-24-54(40)70-62(46)59(43)67)55(34)66-49-20-8-2-14-36(49)42-26-29-45-39-17-5-11-23-53(39)69-61(45)58(42)66/h1-31H/i1D,2D,3D,4D,5D,6D,7D,8D,9D,10D,11D,12D,13D,14D,15D,16D,17D,18D,19D,20D,21D,22D,23D,24D,25D,26D,27D,28D,29D,30D. The fourth-order valence-electron chi connectivity index (χ4n) is 9.84. The van der Waals surface area contributed by atoms with Crippen LogP contribution in [0.1, 0.15) is 52.2 Å². The second kappa shape index (κ2) is 13.3. The van der Waals surface area contributed by atoms with Crippen molar-refractivity contribution in [3.8, 4) is 29.2 Å². The maximum absolute atomic E-state index is 12.7. The maximum Gasteiger partial charge on any atom is 0.160 e. The molecule has 0 atom stereocenters. The van der Waals surface area contributed by atoms with Crippen LogP contribution in [0, 0.1) is 22.7 Å². The molecule has 8 heteroatoms. The fourth-order valence-corrected chi connectivity index (χ4v) is 9.84.